The molecule has 0 amide bonds. The molecule has 1 aliphatic rings. The Kier molecular flexibility index (Phi) is 5.14. The third-order valence-corrected chi connectivity index (χ3v) is 4.43. The first-order chi connectivity index (χ1) is 13.9. The molecule has 152 valence electrons. The van der Waals surface area contributed by atoms with Gasteiger partial charge in [-0.3, -0.25) is 4.90 Å². The van der Waals surface area contributed by atoms with E-state index in [0.717, 1.165) is 17.9 Å². The Morgan fingerprint density at radius 3 is 2.52 bits per heavy atom. The smallest absolute Gasteiger partial charge is 0.416 e. The third kappa shape index (κ3) is 4.51. The molecule has 0 aliphatic carbocycles. The van der Waals surface area contributed by atoms with Gasteiger partial charge in [0.1, 0.15) is 12.7 Å². The van der Waals surface area contributed by atoms with Gasteiger partial charge in [-0.15, -0.1) is 0 Å². The van der Waals surface area contributed by atoms with Crippen LogP contribution in [-0.4, -0.2) is 41.3 Å². The predicted molar refractivity (Wildman–Crippen MR) is 97.4 cm³/mol. The zero-order valence-electron chi connectivity index (χ0n) is 15.5. The highest BCUT2D eigenvalue weighted by Gasteiger charge is 2.30. The summed E-state index contributed by atoms with van der Waals surface area (Å²) in [4.78, 5) is 6.22. The van der Waals surface area contributed by atoms with Crippen LogP contribution in [0, 0.1) is 0 Å². The van der Waals surface area contributed by atoms with Crippen LogP contribution in [0.5, 0.6) is 11.5 Å². The highest BCUT2D eigenvalue weighted by Crippen LogP contribution is 2.31. The summed E-state index contributed by atoms with van der Waals surface area (Å²) in [7, 11) is 1.88. The fourth-order valence-electron chi connectivity index (χ4n) is 3.04. The quantitative estimate of drug-likeness (QED) is 0.639. The molecule has 0 bridgehead atoms. The SMILES string of the molecule is CN(Cc1nc(-c2ccc(C(F)(F)F)cc2)no1)CC1COc2ccccc2O1. The van der Waals surface area contributed by atoms with Crippen molar-refractivity contribution in [3.63, 3.8) is 0 Å². The second kappa shape index (κ2) is 7.75. The van der Waals surface area contributed by atoms with Gasteiger partial charge in [0.25, 0.3) is 0 Å². The maximum absolute atomic E-state index is 12.7. The maximum Gasteiger partial charge on any atom is 0.416 e. The van der Waals surface area contributed by atoms with Crippen molar-refractivity contribution in [2.45, 2.75) is 18.8 Å². The van der Waals surface area contributed by atoms with Crippen LogP contribution >= 0.6 is 0 Å². The second-order valence-corrected chi connectivity index (χ2v) is 6.78. The molecular formula is C20H18F3N3O3. The van der Waals surface area contributed by atoms with Crippen molar-refractivity contribution < 1.29 is 27.2 Å². The zero-order valence-corrected chi connectivity index (χ0v) is 15.5. The number of rotatable bonds is 5. The third-order valence-electron chi connectivity index (χ3n) is 4.43. The minimum atomic E-state index is -4.38. The normalized spacial score (nSPS) is 16.2. The summed E-state index contributed by atoms with van der Waals surface area (Å²) in [5.41, 5.74) is -0.266. The molecule has 4 rings (SSSR count). The number of para-hydroxylation sites is 2. The summed E-state index contributed by atoms with van der Waals surface area (Å²) in [5, 5.41) is 3.86. The first kappa shape index (κ1) is 19.3. The Hall–Kier alpha value is -3.07. The van der Waals surface area contributed by atoms with Gasteiger partial charge < -0.3 is 14.0 Å². The fraction of sp³-hybridized carbons (Fsp3) is 0.300. The average molecular weight is 405 g/mol. The molecule has 1 atom stereocenters. The van der Waals surface area contributed by atoms with Gasteiger partial charge in [0.05, 0.1) is 12.1 Å². The topological polar surface area (TPSA) is 60.6 Å². The van der Waals surface area contributed by atoms with E-state index in [0.29, 0.717) is 36.9 Å². The minimum absolute atomic E-state index is 0.146. The van der Waals surface area contributed by atoms with E-state index in [2.05, 4.69) is 10.1 Å². The average Bonchev–Trinajstić information content (AvgIpc) is 3.15. The van der Waals surface area contributed by atoms with Gasteiger partial charge in [-0.1, -0.05) is 29.4 Å². The Morgan fingerprint density at radius 1 is 1.07 bits per heavy atom. The number of benzene rings is 2. The molecule has 1 aliphatic heterocycles. The lowest BCUT2D eigenvalue weighted by Crippen LogP contribution is -2.39. The highest BCUT2D eigenvalue weighted by atomic mass is 19.4. The molecule has 9 heteroatoms. The van der Waals surface area contributed by atoms with Crippen LogP contribution in [0.15, 0.2) is 53.1 Å². The van der Waals surface area contributed by atoms with Gasteiger partial charge in [0, 0.05) is 12.1 Å². The lowest BCUT2D eigenvalue weighted by atomic mass is 10.1. The molecule has 0 spiro atoms. The van der Waals surface area contributed by atoms with Crippen LogP contribution in [-0.2, 0) is 12.7 Å². The highest BCUT2D eigenvalue weighted by molar-refractivity contribution is 5.54. The molecule has 29 heavy (non-hydrogen) atoms. The molecular weight excluding hydrogens is 387 g/mol. The second-order valence-electron chi connectivity index (χ2n) is 6.78. The van der Waals surface area contributed by atoms with E-state index in [1.807, 2.05) is 36.2 Å². The molecule has 2 heterocycles. The van der Waals surface area contributed by atoms with Crippen molar-refractivity contribution in [2.75, 3.05) is 20.2 Å². The van der Waals surface area contributed by atoms with E-state index >= 15 is 0 Å². The minimum Gasteiger partial charge on any atom is -0.486 e. The summed E-state index contributed by atoms with van der Waals surface area (Å²) in [6, 6.07) is 12.1. The fourth-order valence-corrected chi connectivity index (χ4v) is 3.04. The summed E-state index contributed by atoms with van der Waals surface area (Å²) in [6.45, 7) is 1.38. The molecule has 0 N–H and O–H groups in total. The number of alkyl halides is 3. The number of hydrogen-bond donors (Lipinski definition) is 0. The Morgan fingerprint density at radius 2 is 1.79 bits per heavy atom. The number of fused-ring (bicyclic) bond motifs is 1. The standard InChI is InChI=1S/C20H18F3N3O3/c1-26(10-15-12-27-16-4-2-3-5-17(16)28-15)11-18-24-19(25-29-18)13-6-8-14(9-7-13)20(21,22)23/h2-9,15H,10-12H2,1H3. The number of ether oxygens (including phenoxy) is 2. The zero-order chi connectivity index (χ0) is 20.4. The summed E-state index contributed by atoms with van der Waals surface area (Å²) >= 11 is 0. The van der Waals surface area contributed by atoms with Gasteiger partial charge in [-0.05, 0) is 31.3 Å². The molecule has 1 aromatic heterocycles. The number of halogens is 3. The van der Waals surface area contributed by atoms with E-state index in [-0.39, 0.29) is 11.9 Å². The van der Waals surface area contributed by atoms with Crippen molar-refractivity contribution in [3.05, 3.63) is 60.0 Å². The number of likely N-dealkylation sites (N-methyl/N-ethyl adjacent to an activating group) is 1. The van der Waals surface area contributed by atoms with Crippen molar-refractivity contribution in [3.8, 4) is 22.9 Å². The molecule has 3 aromatic rings. The van der Waals surface area contributed by atoms with E-state index < -0.39 is 11.7 Å². The summed E-state index contributed by atoms with van der Waals surface area (Å²) in [5.74, 6) is 2.04. The maximum atomic E-state index is 12.7. The van der Waals surface area contributed by atoms with Crippen LogP contribution in [0.25, 0.3) is 11.4 Å². The van der Waals surface area contributed by atoms with Crippen molar-refractivity contribution in [2.24, 2.45) is 0 Å². The molecule has 1 unspecified atom stereocenters. The number of hydrogen-bond acceptors (Lipinski definition) is 6. The first-order valence-electron chi connectivity index (χ1n) is 8.96. The first-order valence-corrected chi connectivity index (χ1v) is 8.96. The lowest BCUT2D eigenvalue weighted by molar-refractivity contribution is -0.137. The van der Waals surface area contributed by atoms with Crippen LogP contribution in [0.1, 0.15) is 11.5 Å². The molecule has 2 aromatic carbocycles. The van der Waals surface area contributed by atoms with Crippen LogP contribution < -0.4 is 9.47 Å². The lowest BCUT2D eigenvalue weighted by Gasteiger charge is -2.29. The molecule has 0 saturated heterocycles. The van der Waals surface area contributed by atoms with Crippen LogP contribution in [0.3, 0.4) is 0 Å². The van der Waals surface area contributed by atoms with E-state index in [1.165, 1.54) is 12.1 Å². The van der Waals surface area contributed by atoms with Gasteiger partial charge in [-0.2, -0.15) is 18.2 Å². The van der Waals surface area contributed by atoms with Crippen molar-refractivity contribution >= 4 is 0 Å². The van der Waals surface area contributed by atoms with Crippen LogP contribution in [0.4, 0.5) is 13.2 Å². The monoisotopic (exact) mass is 405 g/mol. The summed E-state index contributed by atoms with van der Waals surface area (Å²) in [6.07, 6.45) is -4.53. The van der Waals surface area contributed by atoms with Gasteiger partial charge in [-0.25, -0.2) is 0 Å². The molecule has 0 saturated carbocycles. The largest absolute Gasteiger partial charge is 0.486 e. The van der Waals surface area contributed by atoms with Gasteiger partial charge in [0.15, 0.2) is 11.5 Å². The number of nitrogens with zero attached hydrogens (tertiary/aromatic N) is 3. The predicted octanol–water partition coefficient (Wildman–Crippen LogP) is 4.03. The Labute approximate surface area is 164 Å². The Balaban J connectivity index is 1.35. The number of aromatic nitrogens is 2. The van der Waals surface area contributed by atoms with Gasteiger partial charge in [0.2, 0.25) is 11.7 Å². The molecule has 0 fully saturated rings. The van der Waals surface area contributed by atoms with E-state index in [4.69, 9.17) is 14.0 Å². The summed E-state index contributed by atoms with van der Waals surface area (Å²) < 4.78 is 54.9. The van der Waals surface area contributed by atoms with Gasteiger partial charge >= 0.3 is 6.18 Å². The van der Waals surface area contributed by atoms with Crippen molar-refractivity contribution in [1.82, 2.24) is 15.0 Å². The van der Waals surface area contributed by atoms with E-state index in [1.54, 1.807) is 0 Å². The van der Waals surface area contributed by atoms with Crippen molar-refractivity contribution in [1.29, 1.82) is 0 Å². The van der Waals surface area contributed by atoms with E-state index in [9.17, 15) is 13.2 Å². The Bertz CT molecular complexity index is 973. The molecule has 6 nitrogen and oxygen atoms in total. The van der Waals surface area contributed by atoms with Crippen LogP contribution in [0.2, 0.25) is 0 Å². The molecule has 0 radical (unpaired) electrons.